The first-order valence-corrected chi connectivity index (χ1v) is 8.21. The second-order valence-electron chi connectivity index (χ2n) is 4.86. The predicted octanol–water partition coefficient (Wildman–Crippen LogP) is 3.37. The van der Waals surface area contributed by atoms with Crippen molar-refractivity contribution in [3.8, 4) is 5.19 Å². The second-order valence-corrected chi connectivity index (χ2v) is 7.23. The van der Waals surface area contributed by atoms with E-state index in [0.717, 1.165) is 15.6 Å². The van der Waals surface area contributed by atoms with Gasteiger partial charge in [-0.1, -0.05) is 11.3 Å². The summed E-state index contributed by atoms with van der Waals surface area (Å²) in [4.78, 5) is 24.9. The molecule has 1 amide bonds. The van der Waals surface area contributed by atoms with Gasteiger partial charge in [0.05, 0.1) is 29.5 Å². The highest BCUT2D eigenvalue weighted by atomic mass is 32.1. The number of hydrogen-bond donors (Lipinski definition) is 0. The lowest BCUT2D eigenvalue weighted by atomic mass is 10.2. The fourth-order valence-electron chi connectivity index (χ4n) is 2.11. The van der Waals surface area contributed by atoms with E-state index >= 15 is 0 Å². The number of ether oxygens (including phenoxy) is 1. The molecule has 21 heavy (non-hydrogen) atoms. The standard InChI is InChI=1S/C14H19N3O2S2/c1-7-12(21-14(15-7)19-6)13(18)17(5)8(2)11-9(3)20-10(4)16-11/h8H,1-6H3/t8-/m0/s1. The van der Waals surface area contributed by atoms with Crippen molar-refractivity contribution in [3.63, 3.8) is 0 Å². The number of rotatable bonds is 4. The fourth-order valence-corrected chi connectivity index (χ4v) is 3.88. The summed E-state index contributed by atoms with van der Waals surface area (Å²) in [5.74, 6) is -0.0501. The molecule has 0 saturated carbocycles. The Morgan fingerprint density at radius 1 is 1.24 bits per heavy atom. The Kier molecular flexibility index (Phi) is 4.63. The van der Waals surface area contributed by atoms with Crippen LogP contribution in [0.2, 0.25) is 0 Å². The van der Waals surface area contributed by atoms with Crippen LogP contribution in [0.25, 0.3) is 0 Å². The Hall–Kier alpha value is -1.47. The molecule has 0 saturated heterocycles. The van der Waals surface area contributed by atoms with Crippen molar-refractivity contribution in [2.45, 2.75) is 33.7 Å². The SMILES string of the molecule is COc1nc(C)c(C(=O)N(C)[C@@H](C)c2nc(C)sc2C)s1. The van der Waals surface area contributed by atoms with Crippen molar-refractivity contribution in [3.05, 3.63) is 26.1 Å². The van der Waals surface area contributed by atoms with Gasteiger partial charge in [-0.15, -0.1) is 11.3 Å². The minimum atomic E-state index is -0.0741. The van der Waals surface area contributed by atoms with Crippen molar-refractivity contribution in [2.24, 2.45) is 0 Å². The van der Waals surface area contributed by atoms with Gasteiger partial charge in [0.1, 0.15) is 4.88 Å². The molecule has 7 heteroatoms. The number of aromatic nitrogens is 2. The van der Waals surface area contributed by atoms with Crippen LogP contribution in [0.15, 0.2) is 0 Å². The molecular weight excluding hydrogens is 306 g/mol. The number of carbonyl (C=O) groups is 1. The fraction of sp³-hybridized carbons (Fsp3) is 0.500. The lowest BCUT2D eigenvalue weighted by Gasteiger charge is -2.23. The maximum absolute atomic E-state index is 12.6. The molecule has 0 radical (unpaired) electrons. The summed E-state index contributed by atoms with van der Waals surface area (Å²) in [5.41, 5.74) is 1.66. The first-order valence-electron chi connectivity index (χ1n) is 6.57. The van der Waals surface area contributed by atoms with Crippen molar-refractivity contribution in [2.75, 3.05) is 14.2 Å². The number of methoxy groups -OCH3 is 1. The first kappa shape index (κ1) is 15.9. The summed E-state index contributed by atoms with van der Waals surface area (Å²) in [7, 11) is 3.35. The number of amides is 1. The minimum Gasteiger partial charge on any atom is -0.473 e. The van der Waals surface area contributed by atoms with Gasteiger partial charge in [0.25, 0.3) is 11.1 Å². The van der Waals surface area contributed by atoms with Gasteiger partial charge in [0.2, 0.25) is 0 Å². The molecule has 0 unspecified atom stereocenters. The van der Waals surface area contributed by atoms with Crippen LogP contribution < -0.4 is 4.74 Å². The molecule has 2 aromatic heterocycles. The average molecular weight is 325 g/mol. The van der Waals surface area contributed by atoms with E-state index in [9.17, 15) is 4.79 Å². The third-order valence-corrected chi connectivity index (χ3v) is 5.39. The molecule has 0 bridgehead atoms. The van der Waals surface area contributed by atoms with Gasteiger partial charge in [-0.3, -0.25) is 4.79 Å². The molecule has 2 aromatic rings. The van der Waals surface area contributed by atoms with E-state index in [0.29, 0.717) is 15.8 Å². The van der Waals surface area contributed by atoms with E-state index in [2.05, 4.69) is 9.97 Å². The third kappa shape index (κ3) is 3.08. The van der Waals surface area contributed by atoms with Crippen molar-refractivity contribution in [1.82, 2.24) is 14.9 Å². The Labute approximate surface area is 132 Å². The van der Waals surface area contributed by atoms with E-state index in [1.807, 2.05) is 27.7 Å². The zero-order valence-corrected chi connectivity index (χ0v) is 14.7. The molecule has 5 nitrogen and oxygen atoms in total. The molecular formula is C14H19N3O2S2. The molecule has 0 spiro atoms. The van der Waals surface area contributed by atoms with Crippen LogP contribution in [0, 0.1) is 20.8 Å². The molecule has 0 N–H and O–H groups in total. The monoisotopic (exact) mass is 325 g/mol. The lowest BCUT2D eigenvalue weighted by molar-refractivity contribution is 0.0743. The number of carbonyl (C=O) groups excluding carboxylic acids is 1. The van der Waals surface area contributed by atoms with Gasteiger partial charge < -0.3 is 9.64 Å². The highest BCUT2D eigenvalue weighted by Crippen LogP contribution is 2.30. The number of thiazole rings is 2. The first-order chi connectivity index (χ1) is 9.85. The van der Waals surface area contributed by atoms with E-state index in [1.165, 1.54) is 11.3 Å². The molecule has 0 aliphatic rings. The molecule has 0 fully saturated rings. The molecule has 2 heterocycles. The quantitative estimate of drug-likeness (QED) is 0.865. The molecule has 2 rings (SSSR count). The van der Waals surface area contributed by atoms with Crippen LogP contribution in [0.1, 0.15) is 43.9 Å². The highest BCUT2D eigenvalue weighted by Gasteiger charge is 2.25. The normalized spacial score (nSPS) is 12.3. The largest absolute Gasteiger partial charge is 0.473 e. The Balaban J connectivity index is 2.26. The zero-order chi connectivity index (χ0) is 15.7. The third-order valence-electron chi connectivity index (χ3n) is 3.38. The molecule has 0 aromatic carbocycles. The van der Waals surface area contributed by atoms with Gasteiger partial charge in [-0.25, -0.2) is 9.97 Å². The molecule has 114 valence electrons. The minimum absolute atomic E-state index is 0.0501. The Bertz CT molecular complexity index is 663. The number of hydrogen-bond acceptors (Lipinski definition) is 6. The van der Waals surface area contributed by atoms with E-state index < -0.39 is 0 Å². The van der Waals surface area contributed by atoms with Crippen LogP contribution >= 0.6 is 22.7 Å². The molecule has 1 atom stereocenters. The maximum Gasteiger partial charge on any atom is 0.273 e. The summed E-state index contributed by atoms with van der Waals surface area (Å²) >= 11 is 2.93. The predicted molar refractivity (Wildman–Crippen MR) is 85.5 cm³/mol. The molecule has 0 aliphatic carbocycles. The van der Waals surface area contributed by atoms with Crippen LogP contribution in [-0.4, -0.2) is 34.9 Å². The lowest BCUT2D eigenvalue weighted by Crippen LogP contribution is -2.30. The van der Waals surface area contributed by atoms with E-state index in [-0.39, 0.29) is 11.9 Å². The Morgan fingerprint density at radius 2 is 1.90 bits per heavy atom. The summed E-state index contributed by atoms with van der Waals surface area (Å²) in [6.07, 6.45) is 0. The summed E-state index contributed by atoms with van der Waals surface area (Å²) in [6, 6.07) is -0.0741. The van der Waals surface area contributed by atoms with Crippen LogP contribution in [0.4, 0.5) is 0 Å². The second kappa shape index (κ2) is 6.11. The van der Waals surface area contributed by atoms with Crippen molar-refractivity contribution < 1.29 is 9.53 Å². The van der Waals surface area contributed by atoms with Gasteiger partial charge in [-0.2, -0.15) is 0 Å². The topological polar surface area (TPSA) is 55.3 Å². The Morgan fingerprint density at radius 3 is 2.38 bits per heavy atom. The van der Waals surface area contributed by atoms with Gasteiger partial charge >= 0.3 is 0 Å². The van der Waals surface area contributed by atoms with E-state index in [4.69, 9.17) is 4.74 Å². The molecule has 0 aliphatic heterocycles. The average Bonchev–Trinajstić information content (AvgIpc) is 2.98. The van der Waals surface area contributed by atoms with Crippen LogP contribution in [0.3, 0.4) is 0 Å². The van der Waals surface area contributed by atoms with Gasteiger partial charge in [0, 0.05) is 11.9 Å². The van der Waals surface area contributed by atoms with E-state index in [1.54, 1.807) is 30.4 Å². The summed E-state index contributed by atoms with van der Waals surface area (Å²) in [5, 5.41) is 1.53. The summed E-state index contributed by atoms with van der Waals surface area (Å²) < 4.78 is 5.10. The highest BCUT2D eigenvalue weighted by molar-refractivity contribution is 7.15. The van der Waals surface area contributed by atoms with Crippen LogP contribution in [-0.2, 0) is 0 Å². The smallest absolute Gasteiger partial charge is 0.273 e. The van der Waals surface area contributed by atoms with Crippen LogP contribution in [0.5, 0.6) is 5.19 Å². The number of aryl methyl sites for hydroxylation is 3. The maximum atomic E-state index is 12.6. The zero-order valence-electron chi connectivity index (χ0n) is 13.1. The van der Waals surface area contributed by atoms with Gasteiger partial charge in [-0.05, 0) is 27.7 Å². The summed E-state index contributed by atoms with van der Waals surface area (Å²) in [6.45, 7) is 7.83. The van der Waals surface area contributed by atoms with Gasteiger partial charge in [0.15, 0.2) is 0 Å². The van der Waals surface area contributed by atoms with Crippen molar-refractivity contribution >= 4 is 28.6 Å². The van der Waals surface area contributed by atoms with Crippen molar-refractivity contribution in [1.29, 1.82) is 0 Å². The number of nitrogens with zero attached hydrogens (tertiary/aromatic N) is 3.